The van der Waals surface area contributed by atoms with E-state index in [-0.39, 0.29) is 5.12 Å². The first-order chi connectivity index (χ1) is 10.1. The highest BCUT2D eigenvalue weighted by Crippen LogP contribution is 2.37. The minimum atomic E-state index is -1.12. The van der Waals surface area contributed by atoms with Gasteiger partial charge >= 0.3 is 0 Å². The van der Waals surface area contributed by atoms with Gasteiger partial charge in [0, 0.05) is 4.90 Å². The minimum absolute atomic E-state index is 0.0191. The van der Waals surface area contributed by atoms with Crippen molar-refractivity contribution in [3.05, 3.63) is 66.2 Å². The zero-order valence-electron chi connectivity index (χ0n) is 12.3. The van der Waals surface area contributed by atoms with Crippen molar-refractivity contribution in [2.45, 2.75) is 30.8 Å². The third-order valence-corrected chi connectivity index (χ3v) is 4.91. The zero-order valence-corrected chi connectivity index (χ0v) is 13.1. The van der Waals surface area contributed by atoms with Gasteiger partial charge in [-0.25, -0.2) is 0 Å². The molecule has 2 aromatic rings. The molecule has 0 aliphatic rings. The molecular formula is C18H20O2S. The summed E-state index contributed by atoms with van der Waals surface area (Å²) in [5.74, 6) is -0.477. The van der Waals surface area contributed by atoms with Gasteiger partial charge in [-0.1, -0.05) is 74.1 Å². The third kappa shape index (κ3) is 3.55. The second-order valence-corrected chi connectivity index (χ2v) is 6.18. The molecule has 110 valence electrons. The van der Waals surface area contributed by atoms with E-state index in [2.05, 4.69) is 0 Å². The maximum absolute atomic E-state index is 12.5. The summed E-state index contributed by atoms with van der Waals surface area (Å²) in [6, 6.07) is 19.0. The van der Waals surface area contributed by atoms with E-state index >= 15 is 0 Å². The molecule has 0 fully saturated rings. The first kappa shape index (κ1) is 15.8. The van der Waals surface area contributed by atoms with Gasteiger partial charge in [-0.05, 0) is 24.1 Å². The molecule has 3 heteroatoms. The van der Waals surface area contributed by atoms with Crippen molar-refractivity contribution < 1.29 is 9.90 Å². The van der Waals surface area contributed by atoms with Crippen molar-refractivity contribution in [2.75, 3.05) is 0 Å². The maximum Gasteiger partial charge on any atom is 0.199 e. The van der Waals surface area contributed by atoms with Gasteiger partial charge in [0.05, 0.1) is 11.5 Å². The molecule has 0 unspecified atom stereocenters. The molecule has 0 amide bonds. The van der Waals surface area contributed by atoms with Crippen LogP contribution in [0.4, 0.5) is 0 Å². The Labute approximate surface area is 130 Å². The molecule has 2 rings (SSSR count). The SMILES string of the molecule is CC[C@@](O)(c1ccccc1)[C@H](C)C(=O)Sc1ccccc1. The van der Waals surface area contributed by atoms with Crippen molar-refractivity contribution in [3.8, 4) is 0 Å². The molecule has 2 nitrogen and oxygen atoms in total. The van der Waals surface area contributed by atoms with Gasteiger partial charge in [0.15, 0.2) is 5.12 Å². The van der Waals surface area contributed by atoms with Gasteiger partial charge in [-0.3, -0.25) is 4.79 Å². The van der Waals surface area contributed by atoms with Crippen LogP contribution in [0.2, 0.25) is 0 Å². The average Bonchev–Trinajstić information content (AvgIpc) is 2.55. The Bertz CT molecular complexity index is 583. The molecule has 2 aromatic carbocycles. The van der Waals surface area contributed by atoms with Crippen LogP contribution in [0.25, 0.3) is 0 Å². The molecule has 1 N–H and O–H groups in total. The molecule has 0 spiro atoms. The summed E-state index contributed by atoms with van der Waals surface area (Å²) >= 11 is 1.19. The summed E-state index contributed by atoms with van der Waals surface area (Å²) in [4.78, 5) is 13.4. The van der Waals surface area contributed by atoms with Crippen LogP contribution in [-0.4, -0.2) is 10.2 Å². The summed E-state index contributed by atoms with van der Waals surface area (Å²) in [6.45, 7) is 3.71. The zero-order chi connectivity index (χ0) is 15.3. The van der Waals surface area contributed by atoms with E-state index in [0.717, 1.165) is 10.5 Å². The van der Waals surface area contributed by atoms with Crippen LogP contribution in [0.5, 0.6) is 0 Å². The van der Waals surface area contributed by atoms with Crippen molar-refractivity contribution in [1.82, 2.24) is 0 Å². The highest BCUT2D eigenvalue weighted by molar-refractivity contribution is 8.13. The third-order valence-electron chi connectivity index (χ3n) is 3.84. The number of thioether (sulfide) groups is 1. The lowest BCUT2D eigenvalue weighted by atomic mass is 9.81. The van der Waals surface area contributed by atoms with E-state index in [0.29, 0.717) is 6.42 Å². The van der Waals surface area contributed by atoms with Crippen molar-refractivity contribution >= 4 is 16.9 Å². The summed E-state index contributed by atoms with van der Waals surface area (Å²) in [6.07, 6.45) is 0.499. The van der Waals surface area contributed by atoms with Crippen LogP contribution in [-0.2, 0) is 10.4 Å². The van der Waals surface area contributed by atoms with Crippen molar-refractivity contribution in [3.63, 3.8) is 0 Å². The topological polar surface area (TPSA) is 37.3 Å². The van der Waals surface area contributed by atoms with E-state index in [4.69, 9.17) is 0 Å². The Kier molecular flexibility index (Phi) is 5.21. The normalized spacial score (nSPS) is 15.2. The number of hydrogen-bond acceptors (Lipinski definition) is 3. The van der Waals surface area contributed by atoms with E-state index in [1.807, 2.05) is 67.6 Å². The largest absolute Gasteiger partial charge is 0.384 e. The summed E-state index contributed by atoms with van der Waals surface area (Å²) in [5, 5.41) is 11.0. The second kappa shape index (κ2) is 6.92. The van der Waals surface area contributed by atoms with Crippen molar-refractivity contribution in [2.24, 2.45) is 5.92 Å². The summed E-state index contributed by atoms with van der Waals surface area (Å²) in [5.41, 5.74) is -0.331. The van der Waals surface area contributed by atoms with E-state index in [1.54, 1.807) is 6.92 Å². The lowest BCUT2D eigenvalue weighted by Gasteiger charge is -2.32. The van der Waals surface area contributed by atoms with Crippen molar-refractivity contribution in [1.29, 1.82) is 0 Å². The molecule has 0 saturated heterocycles. The van der Waals surface area contributed by atoms with Gasteiger partial charge in [-0.15, -0.1) is 0 Å². The fourth-order valence-electron chi connectivity index (χ4n) is 2.38. The lowest BCUT2D eigenvalue weighted by Crippen LogP contribution is -2.36. The van der Waals surface area contributed by atoms with E-state index < -0.39 is 11.5 Å². The Hall–Kier alpha value is -1.58. The Morgan fingerprint density at radius 1 is 1.10 bits per heavy atom. The molecule has 0 aliphatic carbocycles. The molecular weight excluding hydrogens is 280 g/mol. The number of hydrogen-bond donors (Lipinski definition) is 1. The summed E-state index contributed by atoms with van der Waals surface area (Å²) < 4.78 is 0. The first-order valence-electron chi connectivity index (χ1n) is 7.12. The lowest BCUT2D eigenvalue weighted by molar-refractivity contribution is -0.123. The summed E-state index contributed by atoms with van der Waals surface area (Å²) in [7, 11) is 0. The molecule has 0 aromatic heterocycles. The molecule has 21 heavy (non-hydrogen) atoms. The molecule has 0 heterocycles. The number of rotatable bonds is 5. The molecule has 0 radical (unpaired) electrons. The second-order valence-electron chi connectivity index (χ2n) is 5.10. The number of benzene rings is 2. The molecule has 2 atom stereocenters. The number of carbonyl (C=O) groups excluding carboxylic acids is 1. The molecule has 0 aliphatic heterocycles. The standard InChI is InChI=1S/C18H20O2S/c1-3-18(20,15-10-6-4-7-11-15)14(2)17(19)21-16-12-8-5-9-13-16/h4-14,20H,3H2,1-2H3/t14-,18+/m1/s1. The monoisotopic (exact) mass is 300 g/mol. The maximum atomic E-state index is 12.5. The van der Waals surface area contributed by atoms with Gasteiger partial charge in [0.2, 0.25) is 0 Å². The predicted octanol–water partition coefficient (Wildman–Crippen LogP) is 4.24. The van der Waals surface area contributed by atoms with Crippen LogP contribution in [0.3, 0.4) is 0 Å². The fraction of sp³-hybridized carbons (Fsp3) is 0.278. The van der Waals surface area contributed by atoms with Crippen LogP contribution in [0.1, 0.15) is 25.8 Å². The van der Waals surface area contributed by atoms with Gasteiger partial charge in [-0.2, -0.15) is 0 Å². The minimum Gasteiger partial charge on any atom is -0.384 e. The highest BCUT2D eigenvalue weighted by Gasteiger charge is 2.38. The number of aliphatic hydroxyl groups is 1. The van der Waals surface area contributed by atoms with E-state index in [9.17, 15) is 9.90 Å². The Morgan fingerprint density at radius 3 is 2.14 bits per heavy atom. The predicted molar refractivity (Wildman–Crippen MR) is 87.1 cm³/mol. The quantitative estimate of drug-likeness (QED) is 0.839. The van der Waals surface area contributed by atoms with E-state index in [1.165, 1.54) is 11.8 Å². The number of carbonyl (C=O) groups is 1. The van der Waals surface area contributed by atoms with Crippen LogP contribution >= 0.6 is 11.8 Å². The van der Waals surface area contributed by atoms with Crippen LogP contribution in [0, 0.1) is 5.92 Å². The Morgan fingerprint density at radius 2 is 1.62 bits per heavy atom. The molecule has 0 bridgehead atoms. The first-order valence-corrected chi connectivity index (χ1v) is 7.94. The molecule has 0 saturated carbocycles. The average molecular weight is 300 g/mol. The van der Waals surface area contributed by atoms with Gasteiger partial charge in [0.25, 0.3) is 0 Å². The van der Waals surface area contributed by atoms with Gasteiger partial charge < -0.3 is 5.11 Å². The smallest absolute Gasteiger partial charge is 0.199 e. The Balaban J connectivity index is 2.20. The van der Waals surface area contributed by atoms with Crippen LogP contribution < -0.4 is 0 Å². The van der Waals surface area contributed by atoms with Gasteiger partial charge in [0.1, 0.15) is 0 Å². The van der Waals surface area contributed by atoms with Crippen LogP contribution in [0.15, 0.2) is 65.6 Å². The highest BCUT2D eigenvalue weighted by atomic mass is 32.2. The fourth-order valence-corrected chi connectivity index (χ4v) is 3.27.